The Morgan fingerprint density at radius 1 is 1.10 bits per heavy atom. The van der Waals surface area contributed by atoms with Crippen molar-refractivity contribution in [3.05, 3.63) is 71.3 Å². The van der Waals surface area contributed by atoms with Crippen LogP contribution < -0.4 is 15.2 Å². The van der Waals surface area contributed by atoms with E-state index in [1.54, 1.807) is 0 Å². The van der Waals surface area contributed by atoms with E-state index in [-0.39, 0.29) is 17.2 Å². The minimum absolute atomic E-state index is 0.123. The number of hydrogen-bond acceptors (Lipinski definition) is 5. The minimum Gasteiger partial charge on any atom is -0.450 e. The van der Waals surface area contributed by atoms with E-state index in [0.29, 0.717) is 22.4 Å². The van der Waals surface area contributed by atoms with Crippen molar-refractivity contribution in [3.8, 4) is 29.0 Å². The standard InChI is InChI=1S/C21H15F3N4O2/c1-20(26)15(11-25)16(12-7-9-14(10-8-12)29-21(22,23)24)17-18(27-28-19(17)30-20)13-5-3-2-4-6-13/h2-10H,26H2,1H3,(H,27,28). The maximum atomic E-state index is 12.5. The first-order valence-corrected chi connectivity index (χ1v) is 8.82. The highest BCUT2D eigenvalue weighted by molar-refractivity contribution is 5.94. The summed E-state index contributed by atoms with van der Waals surface area (Å²) in [5, 5.41) is 16.9. The van der Waals surface area contributed by atoms with Gasteiger partial charge in [0.1, 0.15) is 11.8 Å². The number of ether oxygens (including phenoxy) is 2. The van der Waals surface area contributed by atoms with Crippen molar-refractivity contribution in [1.82, 2.24) is 10.2 Å². The molecule has 1 unspecified atom stereocenters. The zero-order chi connectivity index (χ0) is 21.5. The molecule has 0 amide bonds. The molecule has 2 heterocycles. The van der Waals surface area contributed by atoms with Gasteiger partial charge in [-0.2, -0.15) is 5.26 Å². The average molecular weight is 412 g/mol. The fourth-order valence-corrected chi connectivity index (χ4v) is 3.35. The molecule has 0 saturated heterocycles. The van der Waals surface area contributed by atoms with Gasteiger partial charge in [-0.05, 0) is 24.6 Å². The van der Waals surface area contributed by atoms with Gasteiger partial charge in [0.25, 0.3) is 0 Å². The van der Waals surface area contributed by atoms with E-state index in [4.69, 9.17) is 10.5 Å². The van der Waals surface area contributed by atoms with Gasteiger partial charge in [-0.15, -0.1) is 18.3 Å². The number of nitriles is 1. The topological polar surface area (TPSA) is 96.9 Å². The number of fused-ring (bicyclic) bond motifs is 1. The Morgan fingerprint density at radius 2 is 1.77 bits per heavy atom. The smallest absolute Gasteiger partial charge is 0.450 e. The fourth-order valence-electron chi connectivity index (χ4n) is 3.35. The highest BCUT2D eigenvalue weighted by Crippen LogP contribution is 2.45. The second-order valence-corrected chi connectivity index (χ2v) is 6.79. The summed E-state index contributed by atoms with van der Waals surface area (Å²) in [5.41, 5.74) is 7.65. The van der Waals surface area contributed by atoms with E-state index in [9.17, 15) is 18.4 Å². The third-order valence-corrected chi connectivity index (χ3v) is 4.59. The molecule has 30 heavy (non-hydrogen) atoms. The number of aromatic nitrogens is 2. The number of H-pyrrole nitrogens is 1. The van der Waals surface area contributed by atoms with Gasteiger partial charge in [0.05, 0.1) is 16.8 Å². The Balaban J connectivity index is 1.90. The largest absolute Gasteiger partial charge is 0.573 e. The van der Waals surface area contributed by atoms with Crippen LogP contribution in [-0.4, -0.2) is 22.3 Å². The predicted molar refractivity (Wildman–Crippen MR) is 102 cm³/mol. The van der Waals surface area contributed by atoms with Gasteiger partial charge in [0.2, 0.25) is 5.88 Å². The van der Waals surface area contributed by atoms with Gasteiger partial charge in [-0.3, -0.25) is 10.8 Å². The number of halogens is 3. The van der Waals surface area contributed by atoms with E-state index in [0.717, 1.165) is 5.56 Å². The summed E-state index contributed by atoms with van der Waals surface area (Å²) in [5.74, 6) is -0.174. The zero-order valence-electron chi connectivity index (χ0n) is 15.6. The first-order valence-electron chi connectivity index (χ1n) is 8.82. The Bertz CT molecular complexity index is 1160. The second kappa shape index (κ2) is 6.93. The third-order valence-electron chi connectivity index (χ3n) is 4.59. The Labute approximate surface area is 169 Å². The summed E-state index contributed by atoms with van der Waals surface area (Å²) in [7, 11) is 0. The first kappa shape index (κ1) is 19.5. The molecule has 3 N–H and O–H groups in total. The van der Waals surface area contributed by atoms with Crippen LogP contribution in [0.4, 0.5) is 13.2 Å². The second-order valence-electron chi connectivity index (χ2n) is 6.79. The predicted octanol–water partition coefficient (Wildman–Crippen LogP) is 4.37. The van der Waals surface area contributed by atoms with Gasteiger partial charge >= 0.3 is 6.36 Å². The lowest BCUT2D eigenvalue weighted by atomic mass is 9.86. The van der Waals surface area contributed by atoms with Crippen molar-refractivity contribution < 1.29 is 22.6 Å². The number of nitrogens with one attached hydrogen (secondary N) is 1. The highest BCUT2D eigenvalue weighted by atomic mass is 19.4. The number of alkyl halides is 3. The van der Waals surface area contributed by atoms with Gasteiger partial charge in [-0.1, -0.05) is 42.5 Å². The number of benzene rings is 2. The molecular weight excluding hydrogens is 397 g/mol. The first-order chi connectivity index (χ1) is 14.2. The molecule has 0 radical (unpaired) electrons. The highest BCUT2D eigenvalue weighted by Gasteiger charge is 2.40. The van der Waals surface area contributed by atoms with Crippen LogP contribution in [0.15, 0.2) is 60.2 Å². The molecule has 2 aromatic carbocycles. The van der Waals surface area contributed by atoms with Gasteiger partial charge in [-0.25, -0.2) is 0 Å². The fraction of sp³-hybridized carbons (Fsp3) is 0.143. The van der Waals surface area contributed by atoms with Gasteiger partial charge < -0.3 is 9.47 Å². The third kappa shape index (κ3) is 3.49. The SMILES string of the molecule is CC1(N)Oc2n[nH]c(-c3ccccc3)c2C(c2ccc(OC(F)(F)F)cc2)=C1C#N. The molecule has 0 bridgehead atoms. The van der Waals surface area contributed by atoms with E-state index < -0.39 is 12.1 Å². The summed E-state index contributed by atoms with van der Waals surface area (Å²) in [6, 6.07) is 16.6. The van der Waals surface area contributed by atoms with E-state index in [2.05, 4.69) is 21.0 Å². The summed E-state index contributed by atoms with van der Waals surface area (Å²) >= 11 is 0. The van der Waals surface area contributed by atoms with Crippen molar-refractivity contribution in [3.63, 3.8) is 0 Å². The van der Waals surface area contributed by atoms with Crippen molar-refractivity contribution >= 4 is 5.57 Å². The average Bonchev–Trinajstić information content (AvgIpc) is 3.09. The molecule has 1 aliphatic heterocycles. The quantitative estimate of drug-likeness (QED) is 0.666. The molecule has 9 heteroatoms. The van der Waals surface area contributed by atoms with Gasteiger partial charge in [0, 0.05) is 11.1 Å². The van der Waals surface area contributed by atoms with Crippen LogP contribution >= 0.6 is 0 Å². The molecule has 1 aliphatic rings. The molecule has 152 valence electrons. The zero-order valence-corrected chi connectivity index (χ0v) is 15.6. The Kier molecular flexibility index (Phi) is 4.51. The maximum Gasteiger partial charge on any atom is 0.573 e. The van der Waals surface area contributed by atoms with Crippen LogP contribution in [0.2, 0.25) is 0 Å². The van der Waals surface area contributed by atoms with Crippen molar-refractivity contribution in [2.24, 2.45) is 5.73 Å². The molecule has 0 spiro atoms. The minimum atomic E-state index is -4.80. The number of hydrogen-bond donors (Lipinski definition) is 2. The Hall–Kier alpha value is -3.77. The van der Waals surface area contributed by atoms with Gasteiger partial charge in [0.15, 0.2) is 5.72 Å². The van der Waals surface area contributed by atoms with Crippen LogP contribution in [0.5, 0.6) is 11.6 Å². The summed E-state index contributed by atoms with van der Waals surface area (Å²) in [6.45, 7) is 1.52. The van der Waals surface area contributed by atoms with Crippen LogP contribution in [0.1, 0.15) is 18.1 Å². The van der Waals surface area contributed by atoms with E-state index >= 15 is 0 Å². The molecule has 0 aliphatic carbocycles. The van der Waals surface area contributed by atoms with Crippen molar-refractivity contribution in [2.75, 3.05) is 0 Å². The lowest BCUT2D eigenvalue weighted by Crippen LogP contribution is -2.46. The molecule has 4 rings (SSSR count). The molecule has 1 atom stereocenters. The molecule has 0 saturated carbocycles. The normalized spacial score (nSPS) is 18.4. The lowest BCUT2D eigenvalue weighted by Gasteiger charge is -2.31. The maximum absolute atomic E-state index is 12.5. The molecule has 6 nitrogen and oxygen atoms in total. The van der Waals surface area contributed by atoms with Crippen LogP contribution in [-0.2, 0) is 0 Å². The van der Waals surface area contributed by atoms with Crippen molar-refractivity contribution in [2.45, 2.75) is 19.0 Å². The van der Waals surface area contributed by atoms with Crippen LogP contribution in [0.25, 0.3) is 16.8 Å². The summed E-state index contributed by atoms with van der Waals surface area (Å²) in [6.07, 6.45) is -4.80. The summed E-state index contributed by atoms with van der Waals surface area (Å²) in [4.78, 5) is 0. The lowest BCUT2D eigenvalue weighted by molar-refractivity contribution is -0.274. The van der Waals surface area contributed by atoms with Crippen molar-refractivity contribution in [1.29, 1.82) is 5.26 Å². The van der Waals surface area contributed by atoms with E-state index in [1.165, 1.54) is 31.2 Å². The summed E-state index contributed by atoms with van der Waals surface area (Å²) < 4.78 is 47.2. The van der Waals surface area contributed by atoms with E-state index in [1.807, 2.05) is 30.3 Å². The number of rotatable bonds is 3. The Morgan fingerprint density at radius 3 is 2.37 bits per heavy atom. The number of aromatic amines is 1. The van der Waals surface area contributed by atoms with Crippen LogP contribution in [0.3, 0.4) is 0 Å². The number of nitrogens with zero attached hydrogens (tertiary/aromatic N) is 2. The molecule has 3 aromatic rings. The molecule has 1 aromatic heterocycles. The number of nitrogens with two attached hydrogens (primary N) is 1. The van der Waals surface area contributed by atoms with Crippen LogP contribution in [0, 0.1) is 11.3 Å². The molecular formula is C21H15F3N4O2. The monoisotopic (exact) mass is 412 g/mol. The molecule has 0 fully saturated rings.